The minimum Gasteiger partial charge on any atom is -0.351 e. The topological polar surface area (TPSA) is 92.5 Å². The molecule has 1 fully saturated rings. The highest BCUT2D eigenvalue weighted by atomic mass is 32.2. The molecule has 12 heteroatoms. The molecular weight excluding hydrogens is 419 g/mol. The second kappa shape index (κ2) is 7.71. The highest BCUT2D eigenvalue weighted by Crippen LogP contribution is 2.43. The van der Waals surface area contributed by atoms with E-state index in [1.165, 1.54) is 6.92 Å². The van der Waals surface area contributed by atoms with Crippen LogP contribution >= 0.6 is 11.8 Å². The Hall–Kier alpha value is -1.53. The summed E-state index contributed by atoms with van der Waals surface area (Å²) < 4.78 is 68.4. The van der Waals surface area contributed by atoms with E-state index in [1.54, 1.807) is 11.0 Å². The van der Waals surface area contributed by atoms with Crippen LogP contribution in [0.3, 0.4) is 0 Å². The van der Waals surface area contributed by atoms with Gasteiger partial charge in [-0.05, 0) is 26.2 Å². The number of thioether (sulfide) groups is 1. The van der Waals surface area contributed by atoms with E-state index in [4.69, 9.17) is 0 Å². The van der Waals surface area contributed by atoms with Crippen molar-refractivity contribution in [3.05, 3.63) is 23.1 Å². The first kappa shape index (κ1) is 21.2. The molecule has 0 aromatic carbocycles. The van der Waals surface area contributed by atoms with Gasteiger partial charge in [-0.2, -0.15) is 13.2 Å². The van der Waals surface area contributed by atoms with Crippen LogP contribution in [0.5, 0.6) is 0 Å². The first-order chi connectivity index (χ1) is 13.0. The minimum atomic E-state index is -4.62. The number of hydrogen-bond donors (Lipinski definition) is 1. The molecule has 2 atom stereocenters. The lowest BCUT2D eigenvalue weighted by molar-refractivity contribution is -0.156. The summed E-state index contributed by atoms with van der Waals surface area (Å²) in [6.07, 6.45) is -0.165. The maximum atomic E-state index is 12.9. The fraction of sp³-hybridized carbons (Fsp3) is 0.625. The van der Waals surface area contributed by atoms with Crippen LogP contribution in [0.15, 0.2) is 10.6 Å². The fourth-order valence-electron chi connectivity index (χ4n) is 3.38. The van der Waals surface area contributed by atoms with Gasteiger partial charge in [-0.3, -0.25) is 4.79 Å². The molecule has 0 saturated carbocycles. The molecule has 3 heterocycles. The fourth-order valence-corrected chi connectivity index (χ4v) is 5.42. The molecule has 0 radical (unpaired) electrons. The molecule has 1 amide bonds. The van der Waals surface area contributed by atoms with E-state index in [1.807, 2.05) is 0 Å². The van der Waals surface area contributed by atoms with Crippen molar-refractivity contribution in [2.75, 3.05) is 19.3 Å². The maximum absolute atomic E-state index is 12.9. The molecule has 2 aliphatic rings. The first-order valence-corrected chi connectivity index (χ1v) is 11.4. The van der Waals surface area contributed by atoms with Gasteiger partial charge in [0.05, 0.1) is 11.5 Å². The Morgan fingerprint density at radius 2 is 2.14 bits per heavy atom. The van der Waals surface area contributed by atoms with Gasteiger partial charge in [-0.15, -0.1) is 11.8 Å². The summed E-state index contributed by atoms with van der Waals surface area (Å²) in [6, 6.07) is -0.335. The van der Waals surface area contributed by atoms with Crippen LogP contribution in [0.4, 0.5) is 13.2 Å². The van der Waals surface area contributed by atoms with Gasteiger partial charge in [0.2, 0.25) is 21.7 Å². The third-order valence-corrected chi connectivity index (χ3v) is 6.64. The highest BCUT2D eigenvalue weighted by molar-refractivity contribution is 8.09. The Kier molecular flexibility index (Phi) is 5.84. The molecule has 0 bridgehead atoms. The molecule has 1 aromatic rings. The van der Waals surface area contributed by atoms with Crippen molar-refractivity contribution in [2.45, 2.75) is 43.7 Å². The van der Waals surface area contributed by atoms with Crippen molar-refractivity contribution in [2.24, 2.45) is 0 Å². The number of halogens is 3. The van der Waals surface area contributed by atoms with Crippen molar-refractivity contribution in [3.63, 3.8) is 0 Å². The smallest absolute Gasteiger partial charge is 0.351 e. The van der Waals surface area contributed by atoms with Crippen molar-refractivity contribution < 1.29 is 30.9 Å². The molecule has 2 unspecified atom stereocenters. The van der Waals surface area contributed by atoms with Crippen molar-refractivity contribution >= 4 is 32.6 Å². The summed E-state index contributed by atoms with van der Waals surface area (Å²) in [4.78, 5) is 14.9. The van der Waals surface area contributed by atoms with E-state index in [-0.39, 0.29) is 29.8 Å². The number of sulfonamides is 1. The van der Waals surface area contributed by atoms with Crippen LogP contribution in [0, 0.1) is 6.92 Å². The standard InChI is InChI=1S/C16H20F3N3O4S2/c1-9-13(20-26-14(9)16(17,18)19)11-5-6-12(27-11)15(23)22-7-3-4-10(8-22)21-28(2,24)25/h5,10,12,21H,3-4,6-8H2,1-2H3. The molecule has 0 spiro atoms. The number of hydrogen-bond acceptors (Lipinski definition) is 6. The quantitative estimate of drug-likeness (QED) is 0.775. The average molecular weight is 439 g/mol. The van der Waals surface area contributed by atoms with Gasteiger partial charge in [0.15, 0.2) is 0 Å². The van der Waals surface area contributed by atoms with Crippen LogP contribution in [0.1, 0.15) is 36.3 Å². The summed E-state index contributed by atoms with van der Waals surface area (Å²) in [6.45, 7) is 2.09. The van der Waals surface area contributed by atoms with E-state index >= 15 is 0 Å². The molecule has 1 N–H and O–H groups in total. The largest absolute Gasteiger partial charge is 0.452 e. The van der Waals surface area contributed by atoms with Gasteiger partial charge >= 0.3 is 6.18 Å². The van der Waals surface area contributed by atoms with Crippen LogP contribution in [-0.4, -0.2) is 55.0 Å². The molecule has 0 aliphatic carbocycles. The van der Waals surface area contributed by atoms with E-state index in [2.05, 4.69) is 14.4 Å². The zero-order chi connectivity index (χ0) is 20.7. The van der Waals surface area contributed by atoms with Gasteiger partial charge in [-0.25, -0.2) is 13.1 Å². The van der Waals surface area contributed by atoms with E-state index in [0.717, 1.165) is 18.0 Å². The monoisotopic (exact) mass is 439 g/mol. The molecule has 1 saturated heterocycles. The third-order valence-electron chi connectivity index (χ3n) is 4.59. The van der Waals surface area contributed by atoms with E-state index in [9.17, 15) is 26.4 Å². The number of piperidine rings is 1. The first-order valence-electron chi connectivity index (χ1n) is 8.62. The SMILES string of the molecule is Cc1c(C2=CCC(C(=O)N3CCCC(NS(C)(=O)=O)C3)S2)noc1C(F)(F)F. The molecule has 7 nitrogen and oxygen atoms in total. The summed E-state index contributed by atoms with van der Waals surface area (Å²) in [7, 11) is -3.37. The Balaban J connectivity index is 1.65. The highest BCUT2D eigenvalue weighted by Gasteiger charge is 2.40. The zero-order valence-corrected chi connectivity index (χ0v) is 16.9. The van der Waals surface area contributed by atoms with E-state index in [0.29, 0.717) is 30.7 Å². The second-order valence-corrected chi connectivity index (χ2v) is 9.93. The molecule has 28 heavy (non-hydrogen) atoms. The van der Waals surface area contributed by atoms with Crippen LogP contribution in [-0.2, 0) is 21.0 Å². The maximum Gasteiger partial charge on any atom is 0.452 e. The van der Waals surface area contributed by atoms with Gasteiger partial charge in [-0.1, -0.05) is 11.2 Å². The van der Waals surface area contributed by atoms with Gasteiger partial charge in [0.1, 0.15) is 5.69 Å². The minimum absolute atomic E-state index is 0.0999. The van der Waals surface area contributed by atoms with Crippen LogP contribution in [0.25, 0.3) is 4.91 Å². The number of alkyl halides is 3. The molecule has 1 aromatic heterocycles. The molecule has 156 valence electrons. The number of aromatic nitrogens is 1. The Bertz CT molecular complexity index is 895. The van der Waals surface area contributed by atoms with Gasteiger partial charge in [0.25, 0.3) is 0 Å². The lowest BCUT2D eigenvalue weighted by atomic mass is 10.1. The van der Waals surface area contributed by atoms with Gasteiger partial charge in [0, 0.05) is 29.6 Å². The van der Waals surface area contributed by atoms with Crippen molar-refractivity contribution in [1.29, 1.82) is 0 Å². The second-order valence-electron chi connectivity index (χ2n) is 6.91. The zero-order valence-electron chi connectivity index (χ0n) is 15.2. The van der Waals surface area contributed by atoms with Crippen molar-refractivity contribution in [3.8, 4) is 0 Å². The Labute approximate surface area is 164 Å². The van der Waals surface area contributed by atoms with Gasteiger partial charge < -0.3 is 9.42 Å². The third kappa shape index (κ3) is 4.71. The Morgan fingerprint density at radius 3 is 2.75 bits per heavy atom. The summed E-state index contributed by atoms with van der Waals surface area (Å²) in [5.41, 5.74) is -0.00220. The van der Waals surface area contributed by atoms with E-state index < -0.39 is 27.2 Å². The van der Waals surface area contributed by atoms with Crippen LogP contribution < -0.4 is 4.72 Å². The number of nitrogens with zero attached hydrogens (tertiary/aromatic N) is 2. The number of amides is 1. The molecular formula is C16H20F3N3O4S2. The number of likely N-dealkylation sites (tertiary alicyclic amines) is 1. The molecule has 2 aliphatic heterocycles. The summed E-state index contributed by atoms with van der Waals surface area (Å²) >= 11 is 1.16. The average Bonchev–Trinajstić information content (AvgIpc) is 3.18. The number of carbonyl (C=O) groups excluding carboxylic acids is 1. The summed E-state index contributed by atoms with van der Waals surface area (Å²) in [5, 5.41) is 3.06. The predicted octanol–water partition coefficient (Wildman–Crippen LogP) is 2.39. The lowest BCUT2D eigenvalue weighted by Crippen LogP contribution is -2.51. The number of carbonyl (C=O) groups is 1. The summed E-state index contributed by atoms with van der Waals surface area (Å²) in [5.74, 6) is -1.29. The normalized spacial score (nSPS) is 23.8. The predicted molar refractivity (Wildman–Crippen MR) is 97.8 cm³/mol. The lowest BCUT2D eigenvalue weighted by Gasteiger charge is -2.34. The number of allylic oxidation sites excluding steroid dienone is 1. The number of rotatable bonds is 4. The Morgan fingerprint density at radius 1 is 1.43 bits per heavy atom. The van der Waals surface area contributed by atoms with Crippen molar-refractivity contribution in [1.82, 2.24) is 14.8 Å². The number of nitrogens with one attached hydrogen (secondary N) is 1. The molecule has 3 rings (SSSR count). The van der Waals surface area contributed by atoms with Crippen LogP contribution in [0.2, 0.25) is 0 Å².